The van der Waals surface area contributed by atoms with Gasteiger partial charge in [0.15, 0.2) is 5.16 Å². The van der Waals surface area contributed by atoms with Crippen LogP contribution in [0.5, 0.6) is 0 Å². The normalized spacial score (nSPS) is 9.94. The number of carbonyl (C=O) groups is 2. The van der Waals surface area contributed by atoms with E-state index in [-0.39, 0.29) is 30.5 Å². The van der Waals surface area contributed by atoms with Crippen molar-refractivity contribution in [3.63, 3.8) is 0 Å². The number of amides is 1. The fourth-order valence-corrected chi connectivity index (χ4v) is 1.78. The van der Waals surface area contributed by atoms with Gasteiger partial charge in [0, 0.05) is 12.7 Å². The number of esters is 1. The zero-order valence-electron chi connectivity index (χ0n) is 9.90. The van der Waals surface area contributed by atoms with Crippen molar-refractivity contribution in [2.24, 2.45) is 0 Å². The number of ether oxygens (including phenoxy) is 1. The van der Waals surface area contributed by atoms with E-state index >= 15 is 0 Å². The SMILES string of the molecule is COC(=O)CCNC(=O)c1nc(SC)ncc1Br. The number of hydrogen-bond donors (Lipinski definition) is 1. The van der Waals surface area contributed by atoms with Crippen LogP contribution in [0.4, 0.5) is 0 Å². The Balaban J connectivity index is 2.63. The predicted molar refractivity (Wildman–Crippen MR) is 70.5 cm³/mol. The number of nitrogens with zero attached hydrogens (tertiary/aromatic N) is 2. The molecule has 0 aliphatic rings. The Morgan fingerprint density at radius 2 is 2.28 bits per heavy atom. The largest absolute Gasteiger partial charge is 0.469 e. The van der Waals surface area contributed by atoms with Crippen molar-refractivity contribution in [3.8, 4) is 0 Å². The lowest BCUT2D eigenvalue weighted by molar-refractivity contribution is -0.140. The molecule has 18 heavy (non-hydrogen) atoms. The molecular weight excluding hydrogens is 322 g/mol. The van der Waals surface area contributed by atoms with Crippen LogP contribution in [0, 0.1) is 0 Å². The lowest BCUT2D eigenvalue weighted by Gasteiger charge is -2.06. The van der Waals surface area contributed by atoms with Crippen molar-refractivity contribution in [3.05, 3.63) is 16.4 Å². The molecule has 6 nitrogen and oxygen atoms in total. The van der Waals surface area contributed by atoms with Gasteiger partial charge in [-0.3, -0.25) is 9.59 Å². The molecule has 0 atom stereocenters. The van der Waals surface area contributed by atoms with Gasteiger partial charge in [0.2, 0.25) is 0 Å². The maximum Gasteiger partial charge on any atom is 0.307 e. The predicted octanol–water partition coefficient (Wildman–Crippen LogP) is 1.25. The first kappa shape index (κ1) is 14.9. The average Bonchev–Trinajstić information content (AvgIpc) is 2.38. The molecule has 0 radical (unpaired) electrons. The third-order valence-electron chi connectivity index (χ3n) is 1.96. The van der Waals surface area contributed by atoms with Gasteiger partial charge in [-0.1, -0.05) is 11.8 Å². The van der Waals surface area contributed by atoms with Gasteiger partial charge >= 0.3 is 5.97 Å². The summed E-state index contributed by atoms with van der Waals surface area (Å²) in [6, 6.07) is 0. The quantitative estimate of drug-likeness (QED) is 0.496. The second-order valence-electron chi connectivity index (χ2n) is 3.14. The summed E-state index contributed by atoms with van der Waals surface area (Å²) >= 11 is 4.55. The summed E-state index contributed by atoms with van der Waals surface area (Å²) in [5, 5.41) is 3.10. The molecule has 0 aliphatic carbocycles. The van der Waals surface area contributed by atoms with E-state index in [4.69, 9.17) is 0 Å². The van der Waals surface area contributed by atoms with Gasteiger partial charge in [0.1, 0.15) is 5.69 Å². The summed E-state index contributed by atoms with van der Waals surface area (Å²) in [5.41, 5.74) is 0.249. The number of methoxy groups -OCH3 is 1. The van der Waals surface area contributed by atoms with Crippen molar-refractivity contribution < 1.29 is 14.3 Å². The van der Waals surface area contributed by atoms with Gasteiger partial charge in [-0.25, -0.2) is 9.97 Å². The summed E-state index contributed by atoms with van der Waals surface area (Å²) < 4.78 is 4.98. The van der Waals surface area contributed by atoms with Crippen LogP contribution in [0.2, 0.25) is 0 Å². The van der Waals surface area contributed by atoms with E-state index < -0.39 is 0 Å². The zero-order valence-corrected chi connectivity index (χ0v) is 12.3. The Kier molecular flexibility index (Phi) is 6.06. The van der Waals surface area contributed by atoms with Crippen LogP contribution in [0.3, 0.4) is 0 Å². The lowest BCUT2D eigenvalue weighted by Crippen LogP contribution is -2.27. The highest BCUT2D eigenvalue weighted by Gasteiger charge is 2.13. The third-order valence-corrected chi connectivity index (χ3v) is 3.10. The van der Waals surface area contributed by atoms with Gasteiger partial charge in [-0.05, 0) is 22.2 Å². The molecule has 98 valence electrons. The zero-order chi connectivity index (χ0) is 13.5. The maximum absolute atomic E-state index is 11.8. The average molecular weight is 334 g/mol. The molecule has 1 heterocycles. The molecule has 0 spiro atoms. The topological polar surface area (TPSA) is 81.2 Å². The van der Waals surface area contributed by atoms with Crippen LogP contribution >= 0.6 is 27.7 Å². The van der Waals surface area contributed by atoms with E-state index in [9.17, 15) is 9.59 Å². The van der Waals surface area contributed by atoms with Crippen molar-refractivity contribution in [2.75, 3.05) is 19.9 Å². The van der Waals surface area contributed by atoms with E-state index in [1.54, 1.807) is 0 Å². The second-order valence-corrected chi connectivity index (χ2v) is 4.76. The van der Waals surface area contributed by atoms with Crippen molar-refractivity contribution >= 4 is 39.6 Å². The Hall–Kier alpha value is -1.15. The van der Waals surface area contributed by atoms with Crippen molar-refractivity contribution in [1.29, 1.82) is 0 Å². The Bertz CT molecular complexity index is 456. The van der Waals surface area contributed by atoms with Crippen LogP contribution < -0.4 is 5.32 Å². The highest BCUT2D eigenvalue weighted by molar-refractivity contribution is 9.10. The molecule has 1 amide bonds. The molecular formula is C10H12BrN3O3S. The van der Waals surface area contributed by atoms with Gasteiger partial charge < -0.3 is 10.1 Å². The molecule has 8 heteroatoms. The minimum Gasteiger partial charge on any atom is -0.469 e. The molecule has 1 aromatic rings. The molecule has 1 aromatic heterocycles. The summed E-state index contributed by atoms with van der Waals surface area (Å²) in [7, 11) is 1.30. The van der Waals surface area contributed by atoms with Gasteiger partial charge in [0.05, 0.1) is 18.0 Å². The Morgan fingerprint density at radius 1 is 1.56 bits per heavy atom. The smallest absolute Gasteiger partial charge is 0.307 e. The summed E-state index contributed by atoms with van der Waals surface area (Å²) in [4.78, 5) is 30.8. The van der Waals surface area contributed by atoms with Crippen LogP contribution in [0.15, 0.2) is 15.8 Å². The minimum absolute atomic E-state index is 0.125. The number of thioether (sulfide) groups is 1. The van der Waals surface area contributed by atoms with Gasteiger partial charge in [-0.2, -0.15) is 0 Å². The van der Waals surface area contributed by atoms with Crippen molar-refractivity contribution in [1.82, 2.24) is 15.3 Å². The molecule has 0 bridgehead atoms. The highest BCUT2D eigenvalue weighted by atomic mass is 79.9. The number of aromatic nitrogens is 2. The number of rotatable bonds is 5. The first-order chi connectivity index (χ1) is 8.58. The lowest BCUT2D eigenvalue weighted by atomic mass is 10.3. The van der Waals surface area contributed by atoms with E-state index in [0.29, 0.717) is 9.63 Å². The Labute approximate surface area is 117 Å². The third kappa shape index (κ3) is 4.26. The van der Waals surface area contributed by atoms with Crippen LogP contribution in [-0.2, 0) is 9.53 Å². The van der Waals surface area contributed by atoms with E-state index in [0.717, 1.165) is 0 Å². The maximum atomic E-state index is 11.8. The summed E-state index contributed by atoms with van der Waals surface area (Å²) in [6.07, 6.45) is 3.47. The van der Waals surface area contributed by atoms with Crippen molar-refractivity contribution in [2.45, 2.75) is 11.6 Å². The molecule has 0 aliphatic heterocycles. The van der Waals surface area contributed by atoms with Crippen LogP contribution in [0.1, 0.15) is 16.9 Å². The summed E-state index contributed by atoms with van der Waals surface area (Å²) in [6.45, 7) is 0.205. The molecule has 1 N–H and O–H groups in total. The van der Waals surface area contributed by atoms with Gasteiger partial charge in [0.25, 0.3) is 5.91 Å². The van der Waals surface area contributed by atoms with E-state index in [1.807, 2.05) is 6.26 Å². The van der Waals surface area contributed by atoms with Crippen LogP contribution in [0.25, 0.3) is 0 Å². The number of halogens is 1. The Morgan fingerprint density at radius 3 is 2.89 bits per heavy atom. The second kappa shape index (κ2) is 7.32. The molecule has 0 unspecified atom stereocenters. The van der Waals surface area contributed by atoms with E-state index in [2.05, 4.69) is 36.0 Å². The molecule has 0 aromatic carbocycles. The number of nitrogens with one attached hydrogen (secondary N) is 1. The molecule has 0 saturated carbocycles. The summed E-state index contributed by atoms with van der Waals surface area (Å²) in [5.74, 6) is -0.731. The molecule has 0 fully saturated rings. The van der Waals surface area contributed by atoms with Gasteiger partial charge in [-0.15, -0.1) is 0 Å². The standard InChI is InChI=1S/C10H12BrN3O3S/c1-17-7(15)3-4-12-9(16)8-6(11)5-13-10(14-8)18-2/h5H,3-4H2,1-2H3,(H,12,16). The minimum atomic E-state index is -0.373. The first-order valence-corrected chi connectivity index (χ1v) is 7.01. The molecule has 1 rings (SSSR count). The molecule has 0 saturated heterocycles. The number of carbonyl (C=O) groups excluding carboxylic acids is 2. The van der Waals surface area contributed by atoms with E-state index in [1.165, 1.54) is 25.1 Å². The fraction of sp³-hybridized carbons (Fsp3) is 0.400. The highest BCUT2D eigenvalue weighted by Crippen LogP contribution is 2.16. The van der Waals surface area contributed by atoms with Crippen LogP contribution in [-0.4, -0.2) is 41.8 Å². The number of hydrogen-bond acceptors (Lipinski definition) is 6. The fourth-order valence-electron chi connectivity index (χ4n) is 1.07. The monoisotopic (exact) mass is 333 g/mol. The first-order valence-electron chi connectivity index (χ1n) is 5.00.